The lowest BCUT2D eigenvalue weighted by Gasteiger charge is -2.07. The minimum atomic E-state index is 0.0685. The first kappa shape index (κ1) is 11.8. The van der Waals surface area contributed by atoms with Crippen molar-refractivity contribution in [3.8, 4) is 0 Å². The molecule has 0 atom stereocenters. The number of carbonyl (C=O) groups is 1. The summed E-state index contributed by atoms with van der Waals surface area (Å²) in [5.41, 5.74) is 4.47. The average molecular weight is 230 g/mol. The van der Waals surface area contributed by atoms with Crippen LogP contribution in [0, 0.1) is 19.8 Å². The molecule has 1 aromatic carbocycles. The summed E-state index contributed by atoms with van der Waals surface area (Å²) in [7, 11) is 0. The number of imidazole rings is 1. The van der Waals surface area contributed by atoms with Gasteiger partial charge in [0, 0.05) is 5.92 Å². The quantitative estimate of drug-likeness (QED) is 0.812. The van der Waals surface area contributed by atoms with Gasteiger partial charge in [-0.05, 0) is 37.1 Å². The predicted octanol–water partition coefficient (Wildman–Crippen LogP) is 2.88. The SMILES string of the molecule is Cc1cc2ncn(CC(=O)C(C)C)c2cc1C. The van der Waals surface area contributed by atoms with Crippen LogP contribution in [0.1, 0.15) is 25.0 Å². The van der Waals surface area contributed by atoms with Crippen molar-refractivity contribution in [3.63, 3.8) is 0 Å². The maximum Gasteiger partial charge on any atom is 0.155 e. The van der Waals surface area contributed by atoms with Crippen LogP contribution in [0.15, 0.2) is 18.5 Å². The molecule has 0 saturated heterocycles. The number of nitrogens with zero attached hydrogens (tertiary/aromatic N) is 2. The Morgan fingerprint density at radius 3 is 2.59 bits per heavy atom. The average Bonchev–Trinajstić information content (AvgIpc) is 2.62. The van der Waals surface area contributed by atoms with Gasteiger partial charge >= 0.3 is 0 Å². The Morgan fingerprint density at radius 2 is 1.94 bits per heavy atom. The summed E-state index contributed by atoms with van der Waals surface area (Å²) < 4.78 is 1.93. The zero-order chi connectivity index (χ0) is 12.6. The number of hydrogen-bond acceptors (Lipinski definition) is 2. The van der Waals surface area contributed by atoms with Gasteiger partial charge in [-0.1, -0.05) is 13.8 Å². The van der Waals surface area contributed by atoms with Crippen molar-refractivity contribution in [2.45, 2.75) is 34.2 Å². The summed E-state index contributed by atoms with van der Waals surface area (Å²) in [6.07, 6.45) is 1.75. The van der Waals surface area contributed by atoms with E-state index in [4.69, 9.17) is 0 Å². The Morgan fingerprint density at radius 1 is 1.29 bits per heavy atom. The van der Waals surface area contributed by atoms with Crippen LogP contribution in [0.3, 0.4) is 0 Å². The molecule has 0 aliphatic heterocycles. The van der Waals surface area contributed by atoms with Crippen molar-refractivity contribution in [1.82, 2.24) is 9.55 Å². The van der Waals surface area contributed by atoms with Gasteiger partial charge in [0.2, 0.25) is 0 Å². The molecular weight excluding hydrogens is 212 g/mol. The van der Waals surface area contributed by atoms with Crippen LogP contribution in [-0.2, 0) is 11.3 Å². The number of ketones is 1. The normalized spacial score (nSPS) is 11.4. The van der Waals surface area contributed by atoms with Gasteiger partial charge < -0.3 is 4.57 Å². The lowest BCUT2D eigenvalue weighted by atomic mass is 10.1. The first-order chi connectivity index (χ1) is 7.99. The summed E-state index contributed by atoms with van der Waals surface area (Å²) in [6, 6.07) is 4.17. The number of benzene rings is 1. The standard InChI is InChI=1S/C14H18N2O/c1-9(2)14(17)7-16-8-15-12-5-10(3)11(4)6-13(12)16/h5-6,8-9H,7H2,1-4H3. The van der Waals surface area contributed by atoms with Crippen LogP contribution in [0.25, 0.3) is 11.0 Å². The van der Waals surface area contributed by atoms with Crippen LogP contribution >= 0.6 is 0 Å². The fourth-order valence-corrected chi connectivity index (χ4v) is 1.79. The Bertz CT molecular complexity index is 567. The summed E-state index contributed by atoms with van der Waals surface area (Å²) in [6.45, 7) is 8.42. The minimum absolute atomic E-state index is 0.0685. The molecule has 17 heavy (non-hydrogen) atoms. The molecule has 90 valence electrons. The summed E-state index contributed by atoms with van der Waals surface area (Å²) in [4.78, 5) is 16.1. The van der Waals surface area contributed by atoms with Crippen molar-refractivity contribution in [3.05, 3.63) is 29.6 Å². The van der Waals surface area contributed by atoms with Gasteiger partial charge in [0.1, 0.15) is 0 Å². The molecule has 2 rings (SSSR count). The topological polar surface area (TPSA) is 34.9 Å². The molecule has 0 unspecified atom stereocenters. The highest BCUT2D eigenvalue weighted by Crippen LogP contribution is 2.18. The molecule has 0 N–H and O–H groups in total. The summed E-state index contributed by atoms with van der Waals surface area (Å²) in [5, 5.41) is 0. The van der Waals surface area contributed by atoms with E-state index in [2.05, 4.69) is 31.0 Å². The molecular formula is C14H18N2O. The third-order valence-electron chi connectivity index (χ3n) is 3.21. The first-order valence-corrected chi connectivity index (χ1v) is 5.94. The van der Waals surface area contributed by atoms with Gasteiger partial charge in [-0.25, -0.2) is 4.98 Å². The van der Waals surface area contributed by atoms with Gasteiger partial charge in [-0.2, -0.15) is 0 Å². The fourth-order valence-electron chi connectivity index (χ4n) is 1.79. The number of aromatic nitrogens is 2. The van der Waals surface area contributed by atoms with E-state index in [0.717, 1.165) is 11.0 Å². The lowest BCUT2D eigenvalue weighted by Crippen LogP contribution is -2.14. The minimum Gasteiger partial charge on any atom is -0.323 e. The Balaban J connectivity index is 2.42. The zero-order valence-corrected chi connectivity index (χ0v) is 10.8. The number of aryl methyl sites for hydroxylation is 2. The number of carbonyl (C=O) groups excluding carboxylic acids is 1. The van der Waals surface area contributed by atoms with Crippen LogP contribution in [0.5, 0.6) is 0 Å². The van der Waals surface area contributed by atoms with Crippen molar-refractivity contribution in [2.75, 3.05) is 0 Å². The van der Waals surface area contributed by atoms with E-state index in [0.29, 0.717) is 6.54 Å². The maximum atomic E-state index is 11.8. The van der Waals surface area contributed by atoms with E-state index in [1.54, 1.807) is 6.33 Å². The molecule has 2 aromatic rings. The second-order valence-electron chi connectivity index (χ2n) is 4.92. The molecule has 0 aliphatic carbocycles. The monoisotopic (exact) mass is 230 g/mol. The van der Waals surface area contributed by atoms with Gasteiger partial charge in [0.05, 0.1) is 23.9 Å². The Labute approximate surface area is 101 Å². The van der Waals surface area contributed by atoms with Crippen molar-refractivity contribution >= 4 is 16.8 Å². The molecule has 0 amide bonds. The van der Waals surface area contributed by atoms with Crippen LogP contribution in [0.4, 0.5) is 0 Å². The van der Waals surface area contributed by atoms with Crippen molar-refractivity contribution in [2.24, 2.45) is 5.92 Å². The van der Waals surface area contributed by atoms with E-state index in [9.17, 15) is 4.79 Å². The summed E-state index contributed by atoms with van der Waals surface area (Å²) >= 11 is 0. The van der Waals surface area contributed by atoms with Crippen LogP contribution < -0.4 is 0 Å². The second-order valence-corrected chi connectivity index (χ2v) is 4.92. The van der Waals surface area contributed by atoms with Crippen LogP contribution in [0.2, 0.25) is 0 Å². The van der Waals surface area contributed by atoms with Crippen LogP contribution in [-0.4, -0.2) is 15.3 Å². The molecule has 0 saturated carbocycles. The Kier molecular flexibility index (Phi) is 3.01. The molecule has 0 aliphatic rings. The molecule has 0 bridgehead atoms. The lowest BCUT2D eigenvalue weighted by molar-refractivity contribution is -0.122. The molecule has 0 spiro atoms. The number of rotatable bonds is 3. The van der Waals surface area contributed by atoms with E-state index in [-0.39, 0.29) is 11.7 Å². The number of Topliss-reactive ketones (excluding diaryl/α,β-unsaturated/α-hetero) is 1. The third kappa shape index (κ3) is 2.23. The zero-order valence-electron chi connectivity index (χ0n) is 10.8. The van der Waals surface area contributed by atoms with Gasteiger partial charge in [-0.3, -0.25) is 4.79 Å². The van der Waals surface area contributed by atoms with E-state index >= 15 is 0 Å². The highest BCUT2D eigenvalue weighted by molar-refractivity contribution is 5.83. The Hall–Kier alpha value is -1.64. The highest BCUT2D eigenvalue weighted by atomic mass is 16.1. The van der Waals surface area contributed by atoms with Crippen molar-refractivity contribution < 1.29 is 4.79 Å². The van der Waals surface area contributed by atoms with E-state index in [1.165, 1.54) is 11.1 Å². The molecule has 0 radical (unpaired) electrons. The largest absolute Gasteiger partial charge is 0.323 e. The molecule has 3 heteroatoms. The summed E-state index contributed by atoms with van der Waals surface area (Å²) in [5.74, 6) is 0.307. The van der Waals surface area contributed by atoms with E-state index < -0.39 is 0 Å². The van der Waals surface area contributed by atoms with Gasteiger partial charge in [0.15, 0.2) is 5.78 Å². The van der Waals surface area contributed by atoms with Gasteiger partial charge in [0.25, 0.3) is 0 Å². The molecule has 0 fully saturated rings. The molecule has 1 aromatic heterocycles. The van der Waals surface area contributed by atoms with Gasteiger partial charge in [-0.15, -0.1) is 0 Å². The predicted molar refractivity (Wildman–Crippen MR) is 69.1 cm³/mol. The smallest absolute Gasteiger partial charge is 0.155 e. The number of fused-ring (bicyclic) bond motifs is 1. The third-order valence-corrected chi connectivity index (χ3v) is 3.21. The fraction of sp³-hybridized carbons (Fsp3) is 0.429. The van der Waals surface area contributed by atoms with E-state index in [1.807, 2.05) is 18.4 Å². The maximum absolute atomic E-state index is 11.8. The second kappa shape index (κ2) is 4.32. The number of hydrogen-bond donors (Lipinski definition) is 0. The van der Waals surface area contributed by atoms with Crippen molar-refractivity contribution in [1.29, 1.82) is 0 Å². The first-order valence-electron chi connectivity index (χ1n) is 5.94. The molecule has 3 nitrogen and oxygen atoms in total. The highest BCUT2D eigenvalue weighted by Gasteiger charge is 2.11. The molecule has 1 heterocycles.